The molecule has 8 heteroatoms. The van der Waals surface area contributed by atoms with Crippen molar-refractivity contribution in [1.29, 1.82) is 0 Å². The van der Waals surface area contributed by atoms with Gasteiger partial charge in [-0.1, -0.05) is 35.9 Å². The van der Waals surface area contributed by atoms with Crippen LogP contribution in [-0.2, 0) is 14.8 Å². The second kappa shape index (κ2) is 7.63. The second-order valence-electron chi connectivity index (χ2n) is 5.06. The molecule has 0 heterocycles. The third-order valence-corrected chi connectivity index (χ3v) is 4.72. The van der Waals surface area contributed by atoms with Gasteiger partial charge in [0.2, 0.25) is 15.9 Å². The van der Waals surface area contributed by atoms with Crippen LogP contribution in [0.4, 0.5) is 15.8 Å². The first-order chi connectivity index (χ1) is 11.3. The average molecular weight is 371 g/mol. The van der Waals surface area contributed by atoms with E-state index in [0.29, 0.717) is 10.7 Å². The predicted molar refractivity (Wildman–Crippen MR) is 93.3 cm³/mol. The van der Waals surface area contributed by atoms with E-state index in [-0.39, 0.29) is 18.7 Å². The molecule has 5 nitrogen and oxygen atoms in total. The molecule has 0 aliphatic heterocycles. The van der Waals surface area contributed by atoms with E-state index >= 15 is 0 Å². The van der Waals surface area contributed by atoms with Gasteiger partial charge in [-0.25, -0.2) is 12.8 Å². The van der Waals surface area contributed by atoms with Crippen molar-refractivity contribution in [1.82, 2.24) is 0 Å². The third-order valence-electron chi connectivity index (χ3n) is 3.21. The Bertz CT molecular complexity index is 843. The molecule has 1 amide bonds. The molecule has 0 aliphatic rings. The Morgan fingerprint density at radius 3 is 2.42 bits per heavy atom. The maximum Gasteiger partial charge on any atom is 0.232 e. The van der Waals surface area contributed by atoms with Crippen molar-refractivity contribution in [3.63, 3.8) is 0 Å². The normalized spacial score (nSPS) is 11.1. The zero-order valence-corrected chi connectivity index (χ0v) is 14.4. The molecule has 0 bridgehead atoms. The summed E-state index contributed by atoms with van der Waals surface area (Å²) in [5.74, 6) is -1.09. The molecule has 0 aromatic heterocycles. The number of nitrogens with zero attached hydrogens (tertiary/aromatic N) is 1. The van der Waals surface area contributed by atoms with Crippen molar-refractivity contribution in [2.45, 2.75) is 6.42 Å². The van der Waals surface area contributed by atoms with Crippen molar-refractivity contribution in [2.75, 3.05) is 22.4 Å². The van der Waals surface area contributed by atoms with Gasteiger partial charge in [0.1, 0.15) is 5.82 Å². The van der Waals surface area contributed by atoms with Gasteiger partial charge in [-0.2, -0.15) is 0 Å². The van der Waals surface area contributed by atoms with E-state index in [4.69, 9.17) is 11.6 Å². The fraction of sp³-hybridized carbons (Fsp3) is 0.188. The highest BCUT2D eigenvalue weighted by molar-refractivity contribution is 7.92. The lowest BCUT2D eigenvalue weighted by atomic mass is 10.3. The Hall–Kier alpha value is -2.12. The summed E-state index contributed by atoms with van der Waals surface area (Å²) in [4.78, 5) is 12.0. The Labute approximate surface area is 145 Å². The van der Waals surface area contributed by atoms with Gasteiger partial charge in [0.05, 0.1) is 22.7 Å². The molecule has 0 saturated heterocycles. The molecule has 0 unspecified atom stereocenters. The first kappa shape index (κ1) is 18.2. The van der Waals surface area contributed by atoms with Gasteiger partial charge < -0.3 is 5.32 Å². The van der Waals surface area contributed by atoms with Crippen molar-refractivity contribution >= 4 is 38.9 Å². The zero-order valence-electron chi connectivity index (χ0n) is 12.9. The van der Waals surface area contributed by atoms with E-state index in [1.807, 2.05) is 0 Å². The first-order valence-electron chi connectivity index (χ1n) is 7.05. The smallest absolute Gasteiger partial charge is 0.232 e. The van der Waals surface area contributed by atoms with Crippen LogP contribution in [0, 0.1) is 5.82 Å². The van der Waals surface area contributed by atoms with Crippen LogP contribution in [0.2, 0.25) is 5.02 Å². The van der Waals surface area contributed by atoms with E-state index in [9.17, 15) is 17.6 Å². The molecule has 128 valence electrons. The van der Waals surface area contributed by atoms with Gasteiger partial charge in [-0.05, 0) is 24.3 Å². The number of hydrogen-bond donors (Lipinski definition) is 1. The summed E-state index contributed by atoms with van der Waals surface area (Å²) in [5.41, 5.74) is 0.339. The second-order valence-corrected chi connectivity index (χ2v) is 7.38. The van der Waals surface area contributed by atoms with E-state index in [1.54, 1.807) is 24.3 Å². The van der Waals surface area contributed by atoms with Gasteiger partial charge in [-0.15, -0.1) is 0 Å². The maximum atomic E-state index is 13.9. The Kier molecular flexibility index (Phi) is 5.80. The molecule has 0 saturated carbocycles. The largest absolute Gasteiger partial charge is 0.325 e. The lowest BCUT2D eigenvalue weighted by Crippen LogP contribution is -2.33. The van der Waals surface area contributed by atoms with Crippen LogP contribution in [0.15, 0.2) is 48.5 Å². The quantitative estimate of drug-likeness (QED) is 0.848. The molecule has 24 heavy (non-hydrogen) atoms. The zero-order chi connectivity index (χ0) is 17.7. The van der Waals surface area contributed by atoms with Crippen molar-refractivity contribution in [3.8, 4) is 0 Å². The number of para-hydroxylation sites is 2. The summed E-state index contributed by atoms with van der Waals surface area (Å²) in [5, 5.41) is 2.97. The van der Waals surface area contributed by atoms with Crippen molar-refractivity contribution < 1.29 is 17.6 Å². The van der Waals surface area contributed by atoms with Crippen molar-refractivity contribution in [2.24, 2.45) is 0 Å². The number of carbonyl (C=O) groups is 1. The number of carbonyl (C=O) groups excluding carboxylic acids is 1. The molecule has 2 aromatic rings. The van der Waals surface area contributed by atoms with Gasteiger partial charge in [-0.3, -0.25) is 9.10 Å². The summed E-state index contributed by atoms with van der Waals surface area (Å²) < 4.78 is 38.6. The van der Waals surface area contributed by atoms with Crippen LogP contribution in [0.3, 0.4) is 0 Å². The highest BCUT2D eigenvalue weighted by Gasteiger charge is 2.21. The summed E-state index contributed by atoms with van der Waals surface area (Å²) in [6.07, 6.45) is 0.817. The van der Waals surface area contributed by atoms with Crippen LogP contribution in [0.25, 0.3) is 0 Å². The molecule has 0 atom stereocenters. The number of hydrogen-bond acceptors (Lipinski definition) is 3. The van der Waals surface area contributed by atoms with Crippen LogP contribution in [-0.4, -0.2) is 27.1 Å². The number of rotatable bonds is 6. The van der Waals surface area contributed by atoms with E-state index < -0.39 is 21.7 Å². The summed E-state index contributed by atoms with van der Waals surface area (Å²) in [7, 11) is -3.73. The molecule has 0 spiro atoms. The van der Waals surface area contributed by atoms with Crippen LogP contribution in [0.1, 0.15) is 6.42 Å². The van der Waals surface area contributed by atoms with Gasteiger partial charge in [0.15, 0.2) is 0 Å². The van der Waals surface area contributed by atoms with Gasteiger partial charge in [0, 0.05) is 13.0 Å². The first-order valence-corrected chi connectivity index (χ1v) is 9.28. The minimum atomic E-state index is -3.73. The molecule has 1 N–H and O–H groups in total. The number of anilines is 2. The monoisotopic (exact) mass is 370 g/mol. The lowest BCUT2D eigenvalue weighted by molar-refractivity contribution is -0.116. The molecule has 0 radical (unpaired) electrons. The van der Waals surface area contributed by atoms with Crippen LogP contribution >= 0.6 is 11.6 Å². The Morgan fingerprint density at radius 2 is 1.79 bits per heavy atom. The summed E-state index contributed by atoms with van der Waals surface area (Å²) in [6.45, 7) is -0.184. The lowest BCUT2D eigenvalue weighted by Gasteiger charge is -2.22. The number of benzene rings is 2. The molecular formula is C16H16ClFN2O3S. The SMILES string of the molecule is CS(=O)(=O)N(CCC(=O)Nc1ccccc1Cl)c1ccccc1F. The number of halogens is 2. The average Bonchev–Trinajstić information content (AvgIpc) is 2.50. The van der Waals surface area contributed by atoms with E-state index in [0.717, 1.165) is 16.6 Å². The van der Waals surface area contributed by atoms with Gasteiger partial charge >= 0.3 is 0 Å². The van der Waals surface area contributed by atoms with Crippen LogP contribution < -0.4 is 9.62 Å². The molecule has 2 rings (SSSR count). The minimum absolute atomic E-state index is 0.0921. The van der Waals surface area contributed by atoms with Gasteiger partial charge in [0.25, 0.3) is 0 Å². The summed E-state index contributed by atoms with van der Waals surface area (Å²) >= 11 is 5.95. The maximum absolute atomic E-state index is 13.9. The molecule has 0 aliphatic carbocycles. The number of sulfonamides is 1. The Balaban J connectivity index is 2.10. The molecule has 2 aromatic carbocycles. The minimum Gasteiger partial charge on any atom is -0.325 e. The highest BCUT2D eigenvalue weighted by Crippen LogP contribution is 2.23. The number of amides is 1. The van der Waals surface area contributed by atoms with Crippen LogP contribution in [0.5, 0.6) is 0 Å². The predicted octanol–water partition coefficient (Wildman–Crippen LogP) is 3.27. The van der Waals surface area contributed by atoms with E-state index in [1.165, 1.54) is 18.2 Å². The standard InChI is InChI=1S/C16H16ClFN2O3S/c1-24(22,23)20(15-9-5-3-7-13(15)18)11-10-16(21)19-14-8-4-2-6-12(14)17/h2-9H,10-11H2,1H3,(H,19,21). The van der Waals surface area contributed by atoms with Crippen molar-refractivity contribution in [3.05, 3.63) is 59.4 Å². The highest BCUT2D eigenvalue weighted by atomic mass is 35.5. The fourth-order valence-electron chi connectivity index (χ4n) is 2.10. The molecular weight excluding hydrogens is 355 g/mol. The fourth-order valence-corrected chi connectivity index (χ4v) is 3.21. The third kappa shape index (κ3) is 4.69. The Morgan fingerprint density at radius 1 is 1.17 bits per heavy atom. The number of nitrogens with one attached hydrogen (secondary N) is 1. The summed E-state index contributed by atoms with van der Waals surface area (Å²) in [6, 6.07) is 12.2. The molecule has 0 fully saturated rings. The van der Waals surface area contributed by atoms with E-state index in [2.05, 4.69) is 5.32 Å². The topological polar surface area (TPSA) is 66.5 Å².